The van der Waals surface area contributed by atoms with Crippen LogP contribution in [0.1, 0.15) is 5.56 Å². The Morgan fingerprint density at radius 1 is 0.853 bits per heavy atom. The maximum atomic E-state index is 12.9. The van der Waals surface area contributed by atoms with Gasteiger partial charge in [0.25, 0.3) is 5.91 Å². The summed E-state index contributed by atoms with van der Waals surface area (Å²) in [6.07, 6.45) is 0. The summed E-state index contributed by atoms with van der Waals surface area (Å²) in [5, 5.41) is 0. The van der Waals surface area contributed by atoms with Gasteiger partial charge >= 0.3 is 0 Å². The molecule has 4 rings (SSSR count). The van der Waals surface area contributed by atoms with E-state index in [0.29, 0.717) is 18.8 Å². The normalized spacial score (nSPS) is 14.3. The highest BCUT2D eigenvalue weighted by Crippen LogP contribution is 2.21. The number of hydrogen-bond acceptors (Lipinski definition) is 5. The van der Waals surface area contributed by atoms with Crippen LogP contribution in [0.3, 0.4) is 0 Å². The summed E-state index contributed by atoms with van der Waals surface area (Å²) in [5.41, 5.74) is 2.08. The summed E-state index contributed by atoms with van der Waals surface area (Å²) >= 11 is 0. The predicted octanol–water partition coefficient (Wildman–Crippen LogP) is 3.23. The lowest BCUT2D eigenvalue weighted by Gasteiger charge is -2.36. The molecule has 7 nitrogen and oxygen atoms in total. The molecule has 0 aliphatic carbocycles. The average molecular weight is 480 g/mol. The van der Waals surface area contributed by atoms with Crippen LogP contribution in [0.4, 0.5) is 5.69 Å². The molecule has 0 N–H and O–H groups in total. The molecule has 0 atom stereocenters. The highest BCUT2D eigenvalue weighted by atomic mass is 32.2. The minimum absolute atomic E-state index is 0.0768. The molecule has 3 aromatic carbocycles. The van der Waals surface area contributed by atoms with Crippen LogP contribution in [0, 0.1) is 0 Å². The molecule has 1 heterocycles. The molecule has 1 aliphatic rings. The van der Waals surface area contributed by atoms with Gasteiger partial charge in [-0.2, -0.15) is 4.31 Å². The molecule has 1 aliphatic heterocycles. The third-order valence-corrected chi connectivity index (χ3v) is 7.71. The van der Waals surface area contributed by atoms with Crippen LogP contribution < -0.4 is 9.64 Å². The lowest BCUT2D eigenvalue weighted by atomic mass is 10.2. The van der Waals surface area contributed by atoms with Gasteiger partial charge in [0.05, 0.1) is 4.90 Å². The number of anilines is 1. The van der Waals surface area contributed by atoms with Crippen molar-refractivity contribution in [2.24, 2.45) is 0 Å². The minimum Gasteiger partial charge on any atom is -0.484 e. The van der Waals surface area contributed by atoms with Crippen LogP contribution in [-0.2, 0) is 21.4 Å². The van der Waals surface area contributed by atoms with E-state index in [4.69, 9.17) is 4.74 Å². The maximum Gasteiger partial charge on any atom is 0.260 e. The van der Waals surface area contributed by atoms with Gasteiger partial charge in [0, 0.05) is 45.5 Å². The van der Waals surface area contributed by atoms with Crippen LogP contribution in [0.15, 0.2) is 89.8 Å². The second-order valence-corrected chi connectivity index (χ2v) is 10.3. The Labute approximate surface area is 201 Å². The lowest BCUT2D eigenvalue weighted by molar-refractivity contribution is -0.133. The van der Waals surface area contributed by atoms with Crippen LogP contribution in [0.5, 0.6) is 5.75 Å². The second-order valence-electron chi connectivity index (χ2n) is 8.21. The van der Waals surface area contributed by atoms with E-state index >= 15 is 0 Å². The van der Waals surface area contributed by atoms with E-state index < -0.39 is 10.0 Å². The number of carbonyl (C=O) groups is 1. The third kappa shape index (κ3) is 5.76. The van der Waals surface area contributed by atoms with E-state index in [1.165, 1.54) is 16.4 Å². The Morgan fingerprint density at radius 2 is 1.44 bits per heavy atom. The van der Waals surface area contributed by atoms with Gasteiger partial charge in [0.1, 0.15) is 5.75 Å². The number of amides is 1. The Hall–Kier alpha value is -3.36. The van der Waals surface area contributed by atoms with Crippen LogP contribution in [0.2, 0.25) is 0 Å². The molecule has 0 aromatic heterocycles. The highest BCUT2D eigenvalue weighted by molar-refractivity contribution is 7.89. The van der Waals surface area contributed by atoms with E-state index in [9.17, 15) is 13.2 Å². The first kappa shape index (κ1) is 23.8. The van der Waals surface area contributed by atoms with E-state index in [0.717, 1.165) is 24.3 Å². The second kappa shape index (κ2) is 10.7. The van der Waals surface area contributed by atoms with Gasteiger partial charge in [-0.15, -0.1) is 0 Å². The standard InChI is InChI=1S/C26H29N3O4S/c1-27(20-22-8-4-2-5-9-22)34(31,32)25-14-12-24(13-15-25)33-21-26(30)29-18-16-28(17-19-29)23-10-6-3-7-11-23/h2-15H,16-21H2,1H3. The lowest BCUT2D eigenvalue weighted by Crippen LogP contribution is -2.50. The molecule has 1 amide bonds. The van der Waals surface area contributed by atoms with Gasteiger partial charge in [-0.05, 0) is 42.0 Å². The molecular formula is C26H29N3O4S. The van der Waals surface area contributed by atoms with Crippen molar-refractivity contribution in [1.29, 1.82) is 0 Å². The first-order chi connectivity index (χ1) is 16.4. The number of para-hydroxylation sites is 1. The van der Waals surface area contributed by atoms with Crippen molar-refractivity contribution in [2.75, 3.05) is 44.7 Å². The quantitative estimate of drug-likeness (QED) is 0.496. The van der Waals surface area contributed by atoms with Crippen LogP contribution in [0.25, 0.3) is 0 Å². The number of nitrogens with zero attached hydrogens (tertiary/aromatic N) is 3. The molecule has 1 fully saturated rings. The summed E-state index contributed by atoms with van der Waals surface area (Å²) < 4.78 is 32.7. The van der Waals surface area contributed by atoms with Crippen molar-refractivity contribution in [1.82, 2.24) is 9.21 Å². The van der Waals surface area contributed by atoms with Gasteiger partial charge in [0.2, 0.25) is 10.0 Å². The molecule has 34 heavy (non-hydrogen) atoms. The smallest absolute Gasteiger partial charge is 0.260 e. The molecule has 0 bridgehead atoms. The first-order valence-corrected chi connectivity index (χ1v) is 12.7. The molecule has 178 valence electrons. The van der Waals surface area contributed by atoms with Gasteiger partial charge in [0.15, 0.2) is 6.61 Å². The SMILES string of the molecule is CN(Cc1ccccc1)S(=O)(=O)c1ccc(OCC(=O)N2CCN(c3ccccc3)CC2)cc1. The minimum atomic E-state index is -3.63. The largest absolute Gasteiger partial charge is 0.484 e. The van der Waals surface area contributed by atoms with E-state index in [-0.39, 0.29) is 24.0 Å². The molecule has 0 spiro atoms. The van der Waals surface area contributed by atoms with Crippen molar-refractivity contribution in [3.8, 4) is 5.75 Å². The summed E-state index contributed by atoms with van der Waals surface area (Å²) in [7, 11) is -2.07. The number of sulfonamides is 1. The maximum absolute atomic E-state index is 12.9. The fourth-order valence-corrected chi connectivity index (χ4v) is 5.06. The third-order valence-electron chi connectivity index (χ3n) is 5.90. The van der Waals surface area contributed by atoms with Gasteiger partial charge in [-0.3, -0.25) is 4.79 Å². The van der Waals surface area contributed by atoms with Crippen molar-refractivity contribution in [3.05, 3.63) is 90.5 Å². The molecule has 0 saturated carbocycles. The zero-order valence-corrected chi connectivity index (χ0v) is 20.0. The van der Waals surface area contributed by atoms with Gasteiger partial charge in [-0.25, -0.2) is 8.42 Å². The van der Waals surface area contributed by atoms with Crippen LogP contribution in [-0.4, -0.2) is 63.4 Å². The highest BCUT2D eigenvalue weighted by Gasteiger charge is 2.23. The summed E-state index contributed by atoms with van der Waals surface area (Å²) in [6, 6.07) is 25.8. The number of carbonyl (C=O) groups excluding carboxylic acids is 1. The van der Waals surface area contributed by atoms with Crippen molar-refractivity contribution < 1.29 is 17.9 Å². The van der Waals surface area contributed by atoms with Crippen molar-refractivity contribution in [3.63, 3.8) is 0 Å². The first-order valence-electron chi connectivity index (χ1n) is 11.2. The summed E-state index contributed by atoms with van der Waals surface area (Å²) in [6.45, 7) is 3.04. The van der Waals surface area contributed by atoms with E-state index in [2.05, 4.69) is 17.0 Å². The topological polar surface area (TPSA) is 70.2 Å². The number of piperazine rings is 1. The molecule has 0 radical (unpaired) electrons. The zero-order chi connectivity index (χ0) is 24.0. The summed E-state index contributed by atoms with van der Waals surface area (Å²) in [5.74, 6) is 0.382. The molecule has 8 heteroatoms. The Balaban J connectivity index is 1.28. The van der Waals surface area contributed by atoms with Gasteiger partial charge in [-0.1, -0.05) is 48.5 Å². The van der Waals surface area contributed by atoms with Crippen molar-refractivity contribution in [2.45, 2.75) is 11.4 Å². The Bertz CT molecular complexity index is 1180. The van der Waals surface area contributed by atoms with Gasteiger partial charge < -0.3 is 14.5 Å². The van der Waals surface area contributed by atoms with E-state index in [1.807, 2.05) is 48.5 Å². The molecular weight excluding hydrogens is 450 g/mol. The Morgan fingerprint density at radius 3 is 2.06 bits per heavy atom. The number of hydrogen-bond donors (Lipinski definition) is 0. The number of ether oxygens (including phenoxy) is 1. The zero-order valence-electron chi connectivity index (χ0n) is 19.2. The molecule has 1 saturated heterocycles. The molecule has 0 unspecified atom stereocenters. The fourth-order valence-electron chi connectivity index (χ4n) is 3.90. The number of benzene rings is 3. The van der Waals surface area contributed by atoms with Crippen LogP contribution >= 0.6 is 0 Å². The monoisotopic (exact) mass is 479 g/mol. The van der Waals surface area contributed by atoms with E-state index in [1.54, 1.807) is 24.1 Å². The average Bonchev–Trinajstić information content (AvgIpc) is 2.88. The summed E-state index contributed by atoms with van der Waals surface area (Å²) in [4.78, 5) is 16.8. The Kier molecular flexibility index (Phi) is 7.49. The molecule has 3 aromatic rings. The fraction of sp³-hybridized carbons (Fsp3) is 0.269. The van der Waals surface area contributed by atoms with Crippen molar-refractivity contribution >= 4 is 21.6 Å². The predicted molar refractivity (Wildman–Crippen MR) is 132 cm³/mol. The number of rotatable bonds is 8.